The quantitative estimate of drug-likeness (QED) is 0.783. The van der Waals surface area contributed by atoms with Crippen molar-refractivity contribution in [1.82, 2.24) is 5.32 Å². The molecule has 1 N–H and O–H groups in total. The van der Waals surface area contributed by atoms with Gasteiger partial charge >= 0.3 is 12.6 Å². The Kier molecular flexibility index (Phi) is 5.88. The minimum absolute atomic E-state index is 0.00549. The molecule has 0 aliphatic heterocycles. The molecular formula is C14H19F2NO3. The van der Waals surface area contributed by atoms with Crippen molar-refractivity contribution in [2.45, 2.75) is 32.9 Å². The van der Waals surface area contributed by atoms with E-state index in [1.807, 2.05) is 6.92 Å². The van der Waals surface area contributed by atoms with Crippen LogP contribution in [0.3, 0.4) is 0 Å². The first-order chi connectivity index (χ1) is 9.43. The van der Waals surface area contributed by atoms with Crippen LogP contribution in [0.15, 0.2) is 24.3 Å². The van der Waals surface area contributed by atoms with Crippen molar-refractivity contribution >= 4 is 5.97 Å². The zero-order valence-electron chi connectivity index (χ0n) is 11.8. The average Bonchev–Trinajstić information content (AvgIpc) is 2.38. The van der Waals surface area contributed by atoms with E-state index in [1.54, 1.807) is 26.0 Å². The summed E-state index contributed by atoms with van der Waals surface area (Å²) in [6.07, 6.45) is 0. The molecule has 1 unspecified atom stereocenters. The number of carbonyl (C=O) groups excluding carboxylic acids is 1. The van der Waals surface area contributed by atoms with E-state index in [1.165, 1.54) is 12.1 Å². The number of nitrogens with one attached hydrogen (secondary N) is 1. The Morgan fingerprint density at radius 2 is 2.10 bits per heavy atom. The average molecular weight is 287 g/mol. The SMILES string of the molecule is CCNC(C)(C(=O)OCC)c1cccc(OC(F)F)c1. The number of halogens is 2. The molecule has 1 atom stereocenters. The minimum Gasteiger partial charge on any atom is -0.464 e. The van der Waals surface area contributed by atoms with Crippen molar-refractivity contribution in [2.24, 2.45) is 0 Å². The molecule has 0 aliphatic carbocycles. The fourth-order valence-corrected chi connectivity index (χ4v) is 1.90. The lowest BCUT2D eigenvalue weighted by Gasteiger charge is -2.28. The standard InChI is InChI=1S/C14H19F2NO3/c1-4-17-14(3,12(18)19-5-2)10-7-6-8-11(9-10)20-13(15)16/h6-9,13,17H,4-5H2,1-3H3. The van der Waals surface area contributed by atoms with Gasteiger partial charge in [-0.2, -0.15) is 8.78 Å². The van der Waals surface area contributed by atoms with Gasteiger partial charge in [0.05, 0.1) is 6.61 Å². The third-order valence-electron chi connectivity index (χ3n) is 2.85. The summed E-state index contributed by atoms with van der Waals surface area (Å²) >= 11 is 0. The summed E-state index contributed by atoms with van der Waals surface area (Å²) in [5, 5.41) is 3.02. The molecule has 0 saturated carbocycles. The van der Waals surface area contributed by atoms with Gasteiger partial charge in [0.25, 0.3) is 0 Å². The number of rotatable bonds is 7. The zero-order chi connectivity index (χ0) is 15.2. The van der Waals surface area contributed by atoms with Crippen molar-refractivity contribution in [2.75, 3.05) is 13.2 Å². The molecule has 20 heavy (non-hydrogen) atoms. The van der Waals surface area contributed by atoms with Crippen LogP contribution < -0.4 is 10.1 Å². The highest BCUT2D eigenvalue weighted by atomic mass is 19.3. The zero-order valence-corrected chi connectivity index (χ0v) is 11.8. The van der Waals surface area contributed by atoms with E-state index >= 15 is 0 Å². The maximum atomic E-state index is 12.2. The summed E-state index contributed by atoms with van der Waals surface area (Å²) in [4.78, 5) is 12.1. The fourth-order valence-electron chi connectivity index (χ4n) is 1.90. The summed E-state index contributed by atoms with van der Waals surface area (Å²) in [7, 11) is 0. The summed E-state index contributed by atoms with van der Waals surface area (Å²) in [5.74, 6) is -0.457. The van der Waals surface area contributed by atoms with Crippen LogP contribution >= 0.6 is 0 Å². The first kappa shape index (κ1) is 16.4. The predicted octanol–water partition coefficient (Wildman–Crippen LogP) is 2.68. The number of hydrogen-bond acceptors (Lipinski definition) is 4. The van der Waals surface area contributed by atoms with Gasteiger partial charge in [-0.3, -0.25) is 5.32 Å². The van der Waals surface area contributed by atoms with E-state index in [0.717, 1.165) is 0 Å². The second-order valence-corrected chi connectivity index (χ2v) is 4.28. The molecule has 4 nitrogen and oxygen atoms in total. The minimum atomic E-state index is -2.90. The van der Waals surface area contributed by atoms with E-state index < -0.39 is 18.1 Å². The molecule has 1 aromatic carbocycles. The van der Waals surface area contributed by atoms with Gasteiger partial charge in [0.15, 0.2) is 0 Å². The Hall–Kier alpha value is -1.69. The van der Waals surface area contributed by atoms with E-state index in [9.17, 15) is 13.6 Å². The summed E-state index contributed by atoms with van der Waals surface area (Å²) in [6, 6.07) is 6.04. The predicted molar refractivity (Wildman–Crippen MR) is 70.7 cm³/mol. The van der Waals surface area contributed by atoms with Crippen LogP contribution in [0.2, 0.25) is 0 Å². The van der Waals surface area contributed by atoms with Crippen LogP contribution in [0.4, 0.5) is 8.78 Å². The number of benzene rings is 1. The number of esters is 1. The number of likely N-dealkylation sites (N-methyl/N-ethyl adjacent to an activating group) is 1. The topological polar surface area (TPSA) is 47.6 Å². The van der Waals surface area contributed by atoms with Crippen LogP contribution in [-0.2, 0) is 15.1 Å². The van der Waals surface area contributed by atoms with Gasteiger partial charge in [0, 0.05) is 0 Å². The lowest BCUT2D eigenvalue weighted by Crippen LogP contribution is -2.47. The highest BCUT2D eigenvalue weighted by Gasteiger charge is 2.36. The molecule has 6 heteroatoms. The second-order valence-electron chi connectivity index (χ2n) is 4.28. The lowest BCUT2D eigenvalue weighted by molar-refractivity contribution is -0.151. The number of alkyl halides is 2. The van der Waals surface area contributed by atoms with Gasteiger partial charge in [-0.25, -0.2) is 4.79 Å². The maximum absolute atomic E-state index is 12.2. The third kappa shape index (κ3) is 3.90. The van der Waals surface area contributed by atoms with Crippen LogP contribution in [0.25, 0.3) is 0 Å². The highest BCUT2D eigenvalue weighted by molar-refractivity contribution is 5.82. The number of hydrogen-bond donors (Lipinski definition) is 1. The Balaban J connectivity index is 3.10. The van der Waals surface area contributed by atoms with Gasteiger partial charge in [-0.1, -0.05) is 19.1 Å². The van der Waals surface area contributed by atoms with Crippen molar-refractivity contribution in [3.05, 3.63) is 29.8 Å². The van der Waals surface area contributed by atoms with Crippen LogP contribution in [0.5, 0.6) is 5.75 Å². The van der Waals surface area contributed by atoms with E-state index in [2.05, 4.69) is 10.1 Å². The van der Waals surface area contributed by atoms with Crippen molar-refractivity contribution in [3.63, 3.8) is 0 Å². The molecule has 0 bridgehead atoms. The van der Waals surface area contributed by atoms with Gasteiger partial charge < -0.3 is 9.47 Å². The molecule has 112 valence electrons. The Labute approximate surface area is 117 Å². The molecule has 0 spiro atoms. The Morgan fingerprint density at radius 1 is 1.40 bits per heavy atom. The van der Waals surface area contributed by atoms with Gasteiger partial charge in [0.1, 0.15) is 11.3 Å². The molecule has 0 aromatic heterocycles. The van der Waals surface area contributed by atoms with Gasteiger partial charge in [0.2, 0.25) is 0 Å². The normalized spacial score (nSPS) is 13.9. The monoisotopic (exact) mass is 287 g/mol. The molecule has 1 aromatic rings. The summed E-state index contributed by atoms with van der Waals surface area (Å²) < 4.78 is 33.9. The summed E-state index contributed by atoms with van der Waals surface area (Å²) in [6.45, 7) is 3.06. The first-order valence-corrected chi connectivity index (χ1v) is 6.41. The molecule has 1 rings (SSSR count). The Bertz CT molecular complexity index is 454. The third-order valence-corrected chi connectivity index (χ3v) is 2.85. The van der Waals surface area contributed by atoms with E-state index in [0.29, 0.717) is 12.1 Å². The molecule has 0 amide bonds. The molecule has 0 heterocycles. The highest BCUT2D eigenvalue weighted by Crippen LogP contribution is 2.26. The second kappa shape index (κ2) is 7.19. The smallest absolute Gasteiger partial charge is 0.387 e. The largest absolute Gasteiger partial charge is 0.464 e. The van der Waals surface area contributed by atoms with Gasteiger partial charge in [-0.15, -0.1) is 0 Å². The van der Waals surface area contributed by atoms with Gasteiger partial charge in [-0.05, 0) is 38.1 Å². The van der Waals surface area contributed by atoms with Crippen molar-refractivity contribution < 1.29 is 23.0 Å². The van der Waals surface area contributed by atoms with E-state index in [4.69, 9.17) is 4.74 Å². The molecule has 0 saturated heterocycles. The fraction of sp³-hybridized carbons (Fsp3) is 0.500. The van der Waals surface area contributed by atoms with Crippen LogP contribution in [0.1, 0.15) is 26.3 Å². The lowest BCUT2D eigenvalue weighted by atomic mass is 9.91. The maximum Gasteiger partial charge on any atom is 0.387 e. The molecule has 0 radical (unpaired) electrons. The molecule has 0 fully saturated rings. The van der Waals surface area contributed by atoms with Crippen molar-refractivity contribution in [3.8, 4) is 5.75 Å². The van der Waals surface area contributed by atoms with Crippen molar-refractivity contribution in [1.29, 1.82) is 0 Å². The summed E-state index contributed by atoms with van der Waals surface area (Å²) in [5.41, 5.74) is -0.595. The molecular weight excluding hydrogens is 268 g/mol. The first-order valence-electron chi connectivity index (χ1n) is 6.41. The van der Waals surface area contributed by atoms with E-state index in [-0.39, 0.29) is 12.4 Å². The number of ether oxygens (including phenoxy) is 2. The van der Waals surface area contributed by atoms with Crippen LogP contribution in [0, 0.1) is 0 Å². The Morgan fingerprint density at radius 3 is 2.65 bits per heavy atom. The number of carbonyl (C=O) groups is 1. The molecule has 0 aliphatic rings. The van der Waals surface area contributed by atoms with Crippen LogP contribution in [-0.4, -0.2) is 25.7 Å².